The summed E-state index contributed by atoms with van der Waals surface area (Å²) in [5.74, 6) is 0.281. The molecule has 1 heterocycles. The number of halogens is 3. The second-order valence-electron chi connectivity index (χ2n) is 2.48. The van der Waals surface area contributed by atoms with Gasteiger partial charge in [-0.15, -0.1) is 17.0 Å². The maximum absolute atomic E-state index is 11.7. The summed E-state index contributed by atoms with van der Waals surface area (Å²) in [5, 5.41) is 0.263. The Morgan fingerprint density at radius 3 is 2.73 bits per heavy atom. The molecule has 3 nitrogen and oxygen atoms in total. The van der Waals surface area contributed by atoms with Gasteiger partial charge in [-0.3, -0.25) is 4.79 Å². The molecule has 1 aromatic heterocycles. The number of aromatic nitrogens is 1. The van der Waals surface area contributed by atoms with Crippen LogP contribution in [0.25, 0.3) is 0 Å². The molecule has 1 rings (SSSR count). The smallest absolute Gasteiger partial charge is 0.213 e. The third-order valence-corrected chi connectivity index (χ3v) is 2.02. The molecule has 0 unspecified atom stereocenters. The topological polar surface area (TPSA) is 39.2 Å². The summed E-state index contributed by atoms with van der Waals surface area (Å²) >= 11 is 3.05. The van der Waals surface area contributed by atoms with Crippen LogP contribution in [0.5, 0.6) is 5.88 Å². The lowest BCUT2D eigenvalue weighted by molar-refractivity contribution is 0.102. The molecule has 0 N–H and O–H groups in total. The van der Waals surface area contributed by atoms with Crippen LogP contribution in [0.1, 0.15) is 10.4 Å². The number of carbonyl (C=O) groups is 1. The number of hydrogen-bond acceptors (Lipinski definition) is 3. The maximum Gasteiger partial charge on any atom is 0.213 e. The number of ether oxygens (including phenoxy) is 1. The molecule has 15 heavy (non-hydrogen) atoms. The average molecular weight is 343 g/mol. The van der Waals surface area contributed by atoms with Gasteiger partial charge in [0.15, 0.2) is 5.78 Å². The lowest BCUT2D eigenvalue weighted by Crippen LogP contribution is -2.03. The Bertz CT molecular complexity index is 305. The molecule has 0 amide bonds. The van der Waals surface area contributed by atoms with Gasteiger partial charge in [0.05, 0.1) is 5.33 Å². The summed E-state index contributed by atoms with van der Waals surface area (Å²) in [6, 6.07) is 3.15. The van der Waals surface area contributed by atoms with E-state index < -0.39 is 6.67 Å². The minimum Gasteiger partial charge on any atom is -0.475 e. The maximum atomic E-state index is 11.7. The van der Waals surface area contributed by atoms with Crippen molar-refractivity contribution in [2.24, 2.45) is 0 Å². The second kappa shape index (κ2) is 7.76. The largest absolute Gasteiger partial charge is 0.475 e. The molecule has 84 valence electrons. The zero-order valence-electron chi connectivity index (χ0n) is 7.78. The van der Waals surface area contributed by atoms with Gasteiger partial charge >= 0.3 is 0 Å². The number of pyridine rings is 1. The average Bonchev–Trinajstić information content (AvgIpc) is 2.26. The van der Waals surface area contributed by atoms with Crippen molar-refractivity contribution in [2.75, 3.05) is 18.6 Å². The Morgan fingerprint density at radius 1 is 1.53 bits per heavy atom. The molecule has 0 aliphatic heterocycles. The van der Waals surface area contributed by atoms with E-state index >= 15 is 0 Å². The first-order valence-electron chi connectivity index (χ1n) is 4.02. The van der Waals surface area contributed by atoms with Gasteiger partial charge < -0.3 is 4.74 Å². The Labute approximate surface area is 106 Å². The number of alkyl halides is 2. The van der Waals surface area contributed by atoms with Crippen molar-refractivity contribution in [3.8, 4) is 5.88 Å². The molecule has 0 bridgehead atoms. The van der Waals surface area contributed by atoms with Crippen molar-refractivity contribution in [3.63, 3.8) is 0 Å². The quantitative estimate of drug-likeness (QED) is 0.610. The summed E-state index contributed by atoms with van der Waals surface area (Å²) in [7, 11) is 0. The molecule has 0 fully saturated rings. The lowest BCUT2D eigenvalue weighted by Gasteiger charge is -2.02. The number of nitrogens with zero attached hydrogens (tertiary/aromatic N) is 1. The summed E-state index contributed by atoms with van der Waals surface area (Å²) in [6.45, 7) is -0.567. The minimum absolute atomic E-state index is 0. The van der Waals surface area contributed by atoms with Crippen molar-refractivity contribution in [1.82, 2.24) is 4.98 Å². The van der Waals surface area contributed by atoms with Crippen molar-refractivity contribution in [2.45, 2.75) is 0 Å². The van der Waals surface area contributed by atoms with Crippen molar-refractivity contribution in [3.05, 3.63) is 23.9 Å². The Hall–Kier alpha value is -0.490. The number of rotatable bonds is 5. The van der Waals surface area contributed by atoms with Crippen molar-refractivity contribution in [1.29, 1.82) is 0 Å². The fourth-order valence-electron chi connectivity index (χ4n) is 0.851. The van der Waals surface area contributed by atoms with E-state index in [4.69, 9.17) is 4.74 Å². The van der Waals surface area contributed by atoms with Gasteiger partial charge in [0.25, 0.3) is 0 Å². The standard InChI is InChI=1S/C9H9BrFNO2.BrH/c10-5-8(13)7-1-2-9(12-6-7)14-4-3-11;/h1-2,6H,3-5H2;1H. The molecule has 0 saturated heterocycles. The molecule has 6 heteroatoms. The van der Waals surface area contributed by atoms with Crippen molar-refractivity contribution >= 4 is 38.7 Å². The third kappa shape index (κ3) is 4.70. The third-order valence-electron chi connectivity index (χ3n) is 1.51. The SMILES string of the molecule is Br.O=C(CBr)c1ccc(OCCF)nc1. The fraction of sp³-hybridized carbons (Fsp3) is 0.333. The van der Waals surface area contributed by atoms with E-state index in [9.17, 15) is 9.18 Å². The van der Waals surface area contributed by atoms with Gasteiger partial charge in [-0.1, -0.05) is 15.9 Å². The fourth-order valence-corrected chi connectivity index (χ4v) is 1.17. The van der Waals surface area contributed by atoms with Gasteiger partial charge in [0.2, 0.25) is 5.88 Å². The van der Waals surface area contributed by atoms with Crippen LogP contribution < -0.4 is 4.74 Å². The van der Waals surface area contributed by atoms with Gasteiger partial charge in [0.1, 0.15) is 13.3 Å². The molecule has 0 aliphatic rings. The normalized spacial score (nSPS) is 9.20. The molecule has 0 saturated carbocycles. The predicted molar refractivity (Wildman–Crippen MR) is 64.2 cm³/mol. The van der Waals surface area contributed by atoms with E-state index in [1.165, 1.54) is 6.20 Å². The van der Waals surface area contributed by atoms with Crippen LogP contribution in [0.3, 0.4) is 0 Å². The molecule has 1 aromatic rings. The van der Waals surface area contributed by atoms with E-state index in [0.29, 0.717) is 11.4 Å². The first kappa shape index (κ1) is 14.5. The van der Waals surface area contributed by atoms with Gasteiger partial charge in [0, 0.05) is 17.8 Å². The first-order chi connectivity index (χ1) is 6.77. The Morgan fingerprint density at radius 2 is 2.27 bits per heavy atom. The molecular formula is C9H10Br2FNO2. The summed E-state index contributed by atoms with van der Waals surface area (Å²) in [4.78, 5) is 15.0. The van der Waals surface area contributed by atoms with Gasteiger partial charge in [-0.25, -0.2) is 9.37 Å². The monoisotopic (exact) mass is 341 g/mol. The number of hydrogen-bond donors (Lipinski definition) is 0. The molecular weight excluding hydrogens is 333 g/mol. The zero-order valence-corrected chi connectivity index (χ0v) is 11.1. The molecule has 0 aliphatic carbocycles. The van der Waals surface area contributed by atoms with Crippen LogP contribution in [0.4, 0.5) is 4.39 Å². The summed E-state index contributed by atoms with van der Waals surface area (Å²) < 4.78 is 16.6. The van der Waals surface area contributed by atoms with Crippen molar-refractivity contribution < 1.29 is 13.9 Å². The van der Waals surface area contributed by atoms with E-state index in [1.807, 2.05) is 0 Å². The van der Waals surface area contributed by atoms with Gasteiger partial charge in [-0.05, 0) is 6.07 Å². The second-order valence-corrected chi connectivity index (χ2v) is 3.04. The molecule has 0 spiro atoms. The Kier molecular flexibility index (Phi) is 7.50. The summed E-state index contributed by atoms with van der Waals surface area (Å²) in [6.07, 6.45) is 1.41. The van der Waals surface area contributed by atoms with Crippen LogP contribution >= 0.6 is 32.9 Å². The number of Topliss-reactive ketones (excluding diaryl/α,β-unsaturated/α-hetero) is 1. The Balaban J connectivity index is 0.00000196. The highest BCUT2D eigenvalue weighted by atomic mass is 79.9. The minimum atomic E-state index is -0.552. The summed E-state index contributed by atoms with van der Waals surface area (Å²) in [5.41, 5.74) is 0.509. The highest BCUT2D eigenvalue weighted by molar-refractivity contribution is 9.09. The lowest BCUT2D eigenvalue weighted by atomic mass is 10.2. The van der Waals surface area contributed by atoms with E-state index in [-0.39, 0.29) is 34.7 Å². The van der Waals surface area contributed by atoms with Gasteiger partial charge in [-0.2, -0.15) is 0 Å². The number of carbonyl (C=O) groups excluding carboxylic acids is 1. The predicted octanol–water partition coefficient (Wildman–Crippen LogP) is 2.59. The van der Waals surface area contributed by atoms with E-state index in [2.05, 4.69) is 20.9 Å². The highest BCUT2D eigenvalue weighted by Gasteiger charge is 2.04. The highest BCUT2D eigenvalue weighted by Crippen LogP contribution is 2.08. The van der Waals surface area contributed by atoms with Crippen LogP contribution in [0, 0.1) is 0 Å². The van der Waals surface area contributed by atoms with Crippen LogP contribution in [0.15, 0.2) is 18.3 Å². The van der Waals surface area contributed by atoms with Crippen LogP contribution in [-0.4, -0.2) is 29.4 Å². The van der Waals surface area contributed by atoms with Crippen LogP contribution in [0.2, 0.25) is 0 Å². The van der Waals surface area contributed by atoms with E-state index in [1.54, 1.807) is 12.1 Å². The number of ketones is 1. The van der Waals surface area contributed by atoms with E-state index in [0.717, 1.165) is 0 Å². The first-order valence-corrected chi connectivity index (χ1v) is 5.14. The zero-order chi connectivity index (χ0) is 10.4. The molecule has 0 radical (unpaired) electrons. The molecule has 0 aromatic carbocycles. The van der Waals surface area contributed by atoms with Crippen LogP contribution in [-0.2, 0) is 0 Å². The molecule has 0 atom stereocenters.